The van der Waals surface area contributed by atoms with E-state index in [1.165, 1.54) is 18.0 Å². The third-order valence-corrected chi connectivity index (χ3v) is 3.59. The van der Waals surface area contributed by atoms with Gasteiger partial charge < -0.3 is 4.74 Å². The molecule has 106 valence electrons. The molecule has 1 aromatic heterocycles. The molecule has 1 unspecified atom stereocenters. The van der Waals surface area contributed by atoms with Crippen LogP contribution in [0.3, 0.4) is 0 Å². The van der Waals surface area contributed by atoms with Crippen LogP contribution in [0.15, 0.2) is 6.20 Å². The fourth-order valence-corrected chi connectivity index (χ4v) is 2.56. The van der Waals surface area contributed by atoms with Crippen LogP contribution >= 0.6 is 11.6 Å². The highest BCUT2D eigenvalue weighted by atomic mass is 35.5. The number of aromatic nitrogens is 2. The van der Waals surface area contributed by atoms with Gasteiger partial charge in [0.25, 0.3) is 0 Å². The van der Waals surface area contributed by atoms with Crippen molar-refractivity contribution in [3.05, 3.63) is 16.9 Å². The number of ketones is 1. The summed E-state index contributed by atoms with van der Waals surface area (Å²) < 4.78 is 32.7. The molecule has 19 heavy (non-hydrogen) atoms. The van der Waals surface area contributed by atoms with Gasteiger partial charge in [0.05, 0.1) is 24.4 Å². The van der Waals surface area contributed by atoms with Crippen molar-refractivity contribution in [3.8, 4) is 0 Å². The first-order valence-electron chi connectivity index (χ1n) is 6.07. The van der Waals surface area contributed by atoms with Crippen LogP contribution in [0.2, 0.25) is 5.02 Å². The molecule has 0 radical (unpaired) electrons. The fourth-order valence-electron chi connectivity index (χ4n) is 2.32. The molecule has 1 aliphatic rings. The summed E-state index contributed by atoms with van der Waals surface area (Å²) in [5, 5.41) is 4.18. The van der Waals surface area contributed by atoms with Crippen LogP contribution < -0.4 is 0 Å². The molecule has 0 saturated heterocycles. The van der Waals surface area contributed by atoms with E-state index in [1.54, 1.807) is 0 Å². The maximum absolute atomic E-state index is 13.2. The highest BCUT2D eigenvalue weighted by Crippen LogP contribution is 2.40. The number of carbonyl (C=O) groups is 1. The molecular formula is C12H15ClF2N2O2. The second kappa shape index (κ2) is 5.54. The number of methoxy groups -OCH3 is 1. The van der Waals surface area contributed by atoms with E-state index < -0.39 is 18.3 Å². The molecule has 1 heterocycles. The van der Waals surface area contributed by atoms with Crippen molar-refractivity contribution < 1.29 is 18.3 Å². The quantitative estimate of drug-likeness (QED) is 0.784. The molecule has 1 fully saturated rings. The van der Waals surface area contributed by atoms with Crippen molar-refractivity contribution in [2.24, 2.45) is 5.92 Å². The number of halogens is 3. The smallest absolute Gasteiger partial charge is 0.248 e. The Morgan fingerprint density at radius 2 is 2.42 bits per heavy atom. The Morgan fingerprint density at radius 1 is 1.68 bits per heavy atom. The minimum Gasteiger partial charge on any atom is -0.383 e. The predicted octanol–water partition coefficient (Wildman–Crippen LogP) is 2.80. The Morgan fingerprint density at radius 3 is 3.00 bits per heavy atom. The largest absolute Gasteiger partial charge is 0.383 e. The Bertz CT molecular complexity index is 476. The first-order chi connectivity index (χ1) is 8.94. The molecule has 0 aromatic carbocycles. The topological polar surface area (TPSA) is 44.1 Å². The van der Waals surface area contributed by atoms with Gasteiger partial charge in [0.2, 0.25) is 5.92 Å². The van der Waals surface area contributed by atoms with Crippen LogP contribution in [0, 0.1) is 5.92 Å². The van der Waals surface area contributed by atoms with Crippen LogP contribution in [0.5, 0.6) is 0 Å². The van der Waals surface area contributed by atoms with Crippen molar-refractivity contribution in [2.45, 2.75) is 31.7 Å². The maximum atomic E-state index is 13.2. The van der Waals surface area contributed by atoms with Crippen LogP contribution in [0.25, 0.3) is 0 Å². The van der Waals surface area contributed by atoms with Crippen LogP contribution in [0.1, 0.15) is 29.8 Å². The van der Waals surface area contributed by atoms with E-state index >= 15 is 0 Å². The minimum atomic E-state index is -2.75. The summed E-state index contributed by atoms with van der Waals surface area (Å²) in [6.45, 7) is 0.743. The van der Waals surface area contributed by atoms with Gasteiger partial charge in [-0.05, 0) is 6.42 Å². The lowest BCUT2D eigenvalue weighted by Crippen LogP contribution is -2.20. The van der Waals surface area contributed by atoms with Gasteiger partial charge in [0.1, 0.15) is 5.69 Å². The standard InChI is InChI=1S/C12H15ClF2N2O2/c1-19-5-4-17-10(9(13)7-16-17)11(18)8-2-3-12(14,15)6-8/h7-8H,2-6H2,1H3. The third-order valence-electron chi connectivity index (χ3n) is 3.31. The molecule has 7 heteroatoms. The summed E-state index contributed by atoms with van der Waals surface area (Å²) in [7, 11) is 1.53. The number of hydrogen-bond acceptors (Lipinski definition) is 3. The van der Waals surface area contributed by atoms with E-state index in [2.05, 4.69) is 5.10 Å². The summed E-state index contributed by atoms with van der Waals surface area (Å²) in [6, 6.07) is 0. The molecule has 1 atom stereocenters. The predicted molar refractivity (Wildman–Crippen MR) is 65.7 cm³/mol. The Kier molecular flexibility index (Phi) is 4.20. The molecule has 0 spiro atoms. The molecule has 2 rings (SSSR count). The van der Waals surface area contributed by atoms with Gasteiger partial charge in [0, 0.05) is 25.9 Å². The van der Waals surface area contributed by atoms with E-state index in [1.807, 2.05) is 0 Å². The summed E-state index contributed by atoms with van der Waals surface area (Å²) >= 11 is 5.94. The SMILES string of the molecule is COCCn1ncc(Cl)c1C(=O)C1CCC(F)(F)C1. The van der Waals surface area contributed by atoms with Crippen LogP contribution in [-0.4, -0.2) is 35.2 Å². The Balaban J connectivity index is 2.17. The third kappa shape index (κ3) is 3.12. The zero-order valence-electron chi connectivity index (χ0n) is 10.5. The number of rotatable bonds is 5. The molecule has 1 saturated carbocycles. The van der Waals surface area contributed by atoms with Gasteiger partial charge in [-0.1, -0.05) is 11.6 Å². The Labute approximate surface area is 114 Å². The van der Waals surface area contributed by atoms with E-state index in [9.17, 15) is 13.6 Å². The van der Waals surface area contributed by atoms with Gasteiger partial charge in [0.15, 0.2) is 5.78 Å². The van der Waals surface area contributed by atoms with Crippen molar-refractivity contribution >= 4 is 17.4 Å². The van der Waals surface area contributed by atoms with E-state index in [0.29, 0.717) is 13.2 Å². The van der Waals surface area contributed by atoms with E-state index in [-0.39, 0.29) is 29.3 Å². The zero-order valence-corrected chi connectivity index (χ0v) is 11.3. The molecule has 0 aliphatic heterocycles. The molecule has 1 aromatic rings. The zero-order chi connectivity index (χ0) is 14.0. The normalized spacial score (nSPS) is 21.8. The highest BCUT2D eigenvalue weighted by Gasteiger charge is 2.43. The summed E-state index contributed by atoms with van der Waals surface area (Å²) in [5.74, 6) is -3.77. The van der Waals surface area contributed by atoms with Crippen LogP contribution in [0.4, 0.5) is 8.78 Å². The highest BCUT2D eigenvalue weighted by molar-refractivity contribution is 6.33. The second-order valence-corrected chi connectivity index (χ2v) is 5.12. The van der Waals surface area contributed by atoms with Crippen molar-refractivity contribution in [1.82, 2.24) is 9.78 Å². The maximum Gasteiger partial charge on any atom is 0.248 e. The second-order valence-electron chi connectivity index (χ2n) is 4.72. The number of hydrogen-bond donors (Lipinski definition) is 0. The lowest BCUT2D eigenvalue weighted by atomic mass is 10.00. The lowest BCUT2D eigenvalue weighted by molar-refractivity contribution is 0.00523. The molecular weight excluding hydrogens is 278 g/mol. The Hall–Kier alpha value is -1.01. The van der Waals surface area contributed by atoms with Crippen molar-refractivity contribution in [3.63, 3.8) is 0 Å². The van der Waals surface area contributed by atoms with Gasteiger partial charge in [-0.15, -0.1) is 0 Å². The van der Waals surface area contributed by atoms with Crippen molar-refractivity contribution in [2.75, 3.05) is 13.7 Å². The number of nitrogens with zero attached hydrogens (tertiary/aromatic N) is 2. The van der Waals surface area contributed by atoms with Crippen LogP contribution in [-0.2, 0) is 11.3 Å². The monoisotopic (exact) mass is 292 g/mol. The molecule has 4 nitrogen and oxygen atoms in total. The first-order valence-corrected chi connectivity index (χ1v) is 6.44. The summed E-state index contributed by atoms with van der Waals surface area (Å²) in [6.07, 6.45) is 0.903. The fraction of sp³-hybridized carbons (Fsp3) is 0.667. The first kappa shape index (κ1) is 14.4. The molecule has 0 bridgehead atoms. The van der Waals surface area contributed by atoms with E-state index in [4.69, 9.17) is 16.3 Å². The minimum absolute atomic E-state index is 0.192. The van der Waals surface area contributed by atoms with Gasteiger partial charge >= 0.3 is 0 Å². The number of ether oxygens (including phenoxy) is 1. The average molecular weight is 293 g/mol. The summed E-state index contributed by atoms with van der Waals surface area (Å²) in [5.41, 5.74) is 0.210. The van der Waals surface area contributed by atoms with Gasteiger partial charge in [-0.3, -0.25) is 9.48 Å². The molecule has 1 aliphatic carbocycles. The number of carbonyl (C=O) groups excluding carboxylic acids is 1. The van der Waals surface area contributed by atoms with Gasteiger partial charge in [-0.25, -0.2) is 8.78 Å². The average Bonchev–Trinajstić information content (AvgIpc) is 2.89. The molecule has 0 amide bonds. The lowest BCUT2D eigenvalue weighted by Gasteiger charge is -2.12. The van der Waals surface area contributed by atoms with Gasteiger partial charge in [-0.2, -0.15) is 5.10 Å². The number of Topliss-reactive ketones (excluding diaryl/α,β-unsaturated/α-hetero) is 1. The van der Waals surface area contributed by atoms with E-state index in [0.717, 1.165) is 0 Å². The summed E-state index contributed by atoms with van der Waals surface area (Å²) in [4.78, 5) is 12.3. The van der Waals surface area contributed by atoms with Crippen molar-refractivity contribution in [1.29, 1.82) is 0 Å². The number of alkyl halides is 2. The molecule has 0 N–H and O–H groups in total.